The van der Waals surface area contributed by atoms with Gasteiger partial charge in [-0.05, 0) is 25.0 Å². The van der Waals surface area contributed by atoms with Crippen molar-refractivity contribution in [2.45, 2.75) is 30.7 Å². The number of nitrogens with one attached hydrogen (secondary N) is 2. The number of aromatic amines is 1. The number of rotatable bonds is 7. The van der Waals surface area contributed by atoms with Gasteiger partial charge in [-0.3, -0.25) is 14.9 Å². The quantitative estimate of drug-likeness (QED) is 0.169. The van der Waals surface area contributed by atoms with Crippen molar-refractivity contribution in [1.82, 2.24) is 9.97 Å². The summed E-state index contributed by atoms with van der Waals surface area (Å²) in [5.74, 6) is -0.394. The van der Waals surface area contributed by atoms with E-state index >= 15 is 0 Å². The summed E-state index contributed by atoms with van der Waals surface area (Å²) in [4.78, 5) is 44.1. The number of carbonyl (C=O) groups is 1. The van der Waals surface area contributed by atoms with Gasteiger partial charge in [-0.1, -0.05) is 54.2 Å². The maximum Gasteiger partial charge on any atom is 0.336 e. The zero-order valence-corrected chi connectivity index (χ0v) is 19.3. The number of nitro benzene ring substituents is 1. The number of fused-ring (bicyclic) bond motifs is 1. The van der Waals surface area contributed by atoms with Crippen molar-refractivity contribution in [1.29, 1.82) is 0 Å². The second-order valence-corrected chi connectivity index (χ2v) is 8.54. The first-order valence-corrected chi connectivity index (χ1v) is 11.6. The van der Waals surface area contributed by atoms with Gasteiger partial charge in [0.15, 0.2) is 5.16 Å². The normalized spacial score (nSPS) is 14.8. The van der Waals surface area contributed by atoms with Crippen LogP contribution in [-0.2, 0) is 15.3 Å². The first kappa shape index (κ1) is 23.2. The Morgan fingerprint density at radius 3 is 2.53 bits per heavy atom. The molecule has 1 aliphatic heterocycles. The maximum absolute atomic E-state index is 13.3. The molecule has 4 rings (SSSR count). The van der Waals surface area contributed by atoms with Gasteiger partial charge in [-0.2, -0.15) is 0 Å². The van der Waals surface area contributed by atoms with Crippen LogP contribution in [0.25, 0.3) is 0 Å². The van der Waals surface area contributed by atoms with Crippen LogP contribution in [0.1, 0.15) is 36.5 Å². The number of carbonyl (C=O) groups excluding carboxylic acids is 1. The third-order valence-corrected chi connectivity index (χ3v) is 6.32. The molecule has 0 saturated heterocycles. The number of benzene rings is 2. The summed E-state index contributed by atoms with van der Waals surface area (Å²) in [6.07, 6.45) is 0. The number of H-pyrrole nitrogens is 1. The monoisotopic (exact) mass is 478 g/mol. The van der Waals surface area contributed by atoms with Crippen molar-refractivity contribution in [3.05, 3.63) is 103 Å². The van der Waals surface area contributed by atoms with Gasteiger partial charge in [0.1, 0.15) is 5.82 Å². The number of thioether (sulfide) groups is 1. The molecular formula is C24H22N4O5S. The molecule has 0 saturated carbocycles. The zero-order chi connectivity index (χ0) is 24.2. The van der Waals surface area contributed by atoms with Gasteiger partial charge < -0.3 is 15.0 Å². The molecule has 0 bridgehead atoms. The first-order chi connectivity index (χ1) is 16.4. The molecule has 2 aromatic carbocycles. The zero-order valence-electron chi connectivity index (χ0n) is 18.5. The first-order valence-electron chi connectivity index (χ1n) is 10.6. The molecule has 3 aromatic rings. The molecule has 0 amide bonds. The summed E-state index contributed by atoms with van der Waals surface area (Å²) in [7, 11) is 0. The highest BCUT2D eigenvalue weighted by atomic mass is 32.2. The van der Waals surface area contributed by atoms with E-state index in [4.69, 9.17) is 4.74 Å². The molecule has 0 aliphatic carbocycles. The molecule has 2 N–H and O–H groups in total. The lowest BCUT2D eigenvalue weighted by atomic mass is 9.82. The van der Waals surface area contributed by atoms with Gasteiger partial charge in [-0.25, -0.2) is 9.78 Å². The molecule has 9 nitrogen and oxygen atoms in total. The minimum absolute atomic E-state index is 0.0870. The minimum Gasteiger partial charge on any atom is -0.463 e. The summed E-state index contributed by atoms with van der Waals surface area (Å²) in [5.41, 5.74) is 2.18. The average Bonchev–Trinajstić information content (AvgIpc) is 2.82. The number of esters is 1. The second kappa shape index (κ2) is 9.92. The van der Waals surface area contributed by atoms with Crippen molar-refractivity contribution >= 4 is 29.2 Å². The summed E-state index contributed by atoms with van der Waals surface area (Å²) < 4.78 is 5.25. The van der Waals surface area contributed by atoms with Crippen LogP contribution < -0.4 is 10.9 Å². The third-order valence-electron chi connectivity index (χ3n) is 5.37. The van der Waals surface area contributed by atoms with Crippen molar-refractivity contribution in [3.8, 4) is 0 Å². The van der Waals surface area contributed by atoms with Gasteiger partial charge in [0, 0.05) is 23.6 Å². The highest BCUT2D eigenvalue weighted by Crippen LogP contribution is 2.40. The Bertz CT molecular complexity index is 1320. The number of nitro groups is 1. The van der Waals surface area contributed by atoms with Crippen LogP contribution in [-0.4, -0.2) is 27.5 Å². The minimum atomic E-state index is -0.791. The summed E-state index contributed by atoms with van der Waals surface area (Å²) in [6.45, 7) is 3.58. The number of ether oxygens (including phenoxy) is 1. The van der Waals surface area contributed by atoms with Crippen LogP contribution in [0.2, 0.25) is 0 Å². The van der Waals surface area contributed by atoms with E-state index in [1.165, 1.54) is 23.9 Å². The molecule has 174 valence electrons. The Labute approximate surface area is 199 Å². The standard InChI is InChI=1S/C24H22N4O5S/c1-3-33-23(30)18-14(2)25-21-20(19(18)16-9-11-17(12-10-16)28(31)32)22(29)27-24(26-21)34-13-15-7-5-4-6-8-15/h4-12,19H,3,13H2,1-2H3,(H2,25,26,27,29)/t19-/m1/s1. The van der Waals surface area contributed by atoms with E-state index in [1.807, 2.05) is 30.3 Å². The topological polar surface area (TPSA) is 127 Å². The van der Waals surface area contributed by atoms with Crippen molar-refractivity contribution < 1.29 is 14.5 Å². The third kappa shape index (κ3) is 4.72. The molecule has 34 heavy (non-hydrogen) atoms. The van der Waals surface area contributed by atoms with Crippen LogP contribution in [0.4, 0.5) is 11.5 Å². The molecular weight excluding hydrogens is 456 g/mol. The smallest absolute Gasteiger partial charge is 0.336 e. The molecule has 1 aliphatic rings. The van der Waals surface area contributed by atoms with E-state index in [-0.39, 0.29) is 23.4 Å². The van der Waals surface area contributed by atoms with Gasteiger partial charge in [0.25, 0.3) is 11.2 Å². The Kier molecular flexibility index (Phi) is 6.78. The van der Waals surface area contributed by atoms with E-state index in [1.54, 1.807) is 26.0 Å². The van der Waals surface area contributed by atoms with Crippen LogP contribution >= 0.6 is 11.8 Å². The number of aromatic nitrogens is 2. The SMILES string of the molecule is CCOC(=O)C1=C(C)Nc2nc(SCc3ccccc3)[nH]c(=O)c2[C@@H]1c1ccc([N+](=O)[O-])cc1. The van der Waals surface area contributed by atoms with Gasteiger partial charge in [-0.15, -0.1) is 0 Å². The van der Waals surface area contributed by atoms with E-state index in [2.05, 4.69) is 15.3 Å². The fourth-order valence-corrected chi connectivity index (χ4v) is 4.64. The summed E-state index contributed by atoms with van der Waals surface area (Å²) >= 11 is 1.39. The highest BCUT2D eigenvalue weighted by molar-refractivity contribution is 7.98. The Morgan fingerprint density at radius 1 is 1.18 bits per heavy atom. The van der Waals surface area contributed by atoms with Gasteiger partial charge in [0.05, 0.1) is 28.6 Å². The van der Waals surface area contributed by atoms with E-state index in [9.17, 15) is 19.7 Å². The average molecular weight is 479 g/mol. The fourth-order valence-electron chi connectivity index (χ4n) is 3.83. The van der Waals surface area contributed by atoms with Gasteiger partial charge >= 0.3 is 5.97 Å². The number of allylic oxidation sites excluding steroid dienone is 1. The molecule has 0 spiro atoms. The molecule has 1 atom stereocenters. The van der Waals surface area contributed by atoms with Crippen molar-refractivity contribution in [2.75, 3.05) is 11.9 Å². The molecule has 0 radical (unpaired) electrons. The Balaban J connectivity index is 1.77. The summed E-state index contributed by atoms with van der Waals surface area (Å²) in [6, 6.07) is 15.6. The van der Waals surface area contributed by atoms with Crippen LogP contribution in [0.5, 0.6) is 0 Å². The van der Waals surface area contributed by atoms with Crippen LogP contribution in [0.15, 0.2) is 75.8 Å². The molecule has 10 heteroatoms. The predicted octanol–water partition coefficient (Wildman–Crippen LogP) is 4.36. The van der Waals surface area contributed by atoms with Crippen LogP contribution in [0.3, 0.4) is 0 Å². The Hall–Kier alpha value is -3.92. The Morgan fingerprint density at radius 2 is 1.88 bits per heavy atom. The van der Waals surface area contributed by atoms with Crippen molar-refractivity contribution in [2.24, 2.45) is 0 Å². The number of anilines is 1. The van der Waals surface area contributed by atoms with E-state index in [0.717, 1.165) is 5.56 Å². The highest BCUT2D eigenvalue weighted by Gasteiger charge is 2.36. The number of hydrogen-bond donors (Lipinski definition) is 2. The van der Waals surface area contributed by atoms with Crippen LogP contribution in [0, 0.1) is 10.1 Å². The largest absolute Gasteiger partial charge is 0.463 e. The maximum atomic E-state index is 13.3. The summed E-state index contributed by atoms with van der Waals surface area (Å²) in [5, 5.41) is 14.6. The van der Waals surface area contributed by atoms with E-state index < -0.39 is 22.4 Å². The molecule has 2 heterocycles. The lowest BCUT2D eigenvalue weighted by Crippen LogP contribution is -2.31. The van der Waals surface area contributed by atoms with Crippen molar-refractivity contribution in [3.63, 3.8) is 0 Å². The number of nitrogens with zero attached hydrogens (tertiary/aromatic N) is 2. The lowest BCUT2D eigenvalue weighted by molar-refractivity contribution is -0.384. The predicted molar refractivity (Wildman–Crippen MR) is 129 cm³/mol. The fraction of sp³-hybridized carbons (Fsp3) is 0.208. The molecule has 0 fully saturated rings. The molecule has 0 unspecified atom stereocenters. The lowest BCUT2D eigenvalue weighted by Gasteiger charge is -2.28. The molecule has 1 aromatic heterocycles. The second-order valence-electron chi connectivity index (χ2n) is 7.57. The number of non-ortho nitro benzene ring substituents is 1. The number of hydrogen-bond acceptors (Lipinski definition) is 8. The van der Waals surface area contributed by atoms with E-state index in [0.29, 0.717) is 28.0 Å². The van der Waals surface area contributed by atoms with Gasteiger partial charge in [0.2, 0.25) is 0 Å².